The first kappa shape index (κ1) is 15.8. The van der Waals surface area contributed by atoms with E-state index in [2.05, 4.69) is 15.3 Å². The number of rotatable bonds is 7. The summed E-state index contributed by atoms with van der Waals surface area (Å²) in [4.78, 5) is 11.1. The molecule has 0 heterocycles. The normalized spacial score (nSPS) is 10.3. The molecule has 1 rings (SSSR count). The molecule has 6 nitrogen and oxygen atoms in total. The van der Waals surface area contributed by atoms with Crippen molar-refractivity contribution in [2.75, 3.05) is 19.8 Å². The van der Waals surface area contributed by atoms with Crippen LogP contribution in [0.3, 0.4) is 0 Å². The van der Waals surface area contributed by atoms with Crippen molar-refractivity contribution in [1.29, 1.82) is 0 Å². The molecule has 0 aliphatic rings. The van der Waals surface area contributed by atoms with E-state index in [1.54, 1.807) is 19.1 Å². The maximum Gasteiger partial charge on any atom is 0.427 e. The second kappa shape index (κ2) is 8.79. The van der Waals surface area contributed by atoms with Gasteiger partial charge in [-0.2, -0.15) is 5.10 Å². The van der Waals surface area contributed by atoms with Gasteiger partial charge in [-0.05, 0) is 44.5 Å². The van der Waals surface area contributed by atoms with Crippen LogP contribution < -0.4 is 14.9 Å². The summed E-state index contributed by atoms with van der Waals surface area (Å²) in [5, 5.41) is 3.79. The van der Waals surface area contributed by atoms with Crippen molar-refractivity contribution in [3.63, 3.8) is 0 Å². The zero-order valence-corrected chi connectivity index (χ0v) is 12.0. The molecule has 0 saturated carbocycles. The van der Waals surface area contributed by atoms with Gasteiger partial charge in [0.05, 0.1) is 26.0 Å². The molecule has 0 spiro atoms. The van der Waals surface area contributed by atoms with E-state index in [-0.39, 0.29) is 0 Å². The molecule has 1 aromatic rings. The Bertz CT molecular complexity index is 460. The molecule has 0 aliphatic heterocycles. The molecule has 0 unspecified atom stereocenters. The summed E-state index contributed by atoms with van der Waals surface area (Å²) in [5.41, 5.74) is 3.05. The quantitative estimate of drug-likeness (QED) is 0.615. The predicted octanol–water partition coefficient (Wildman–Crippen LogP) is 2.56. The molecule has 0 fully saturated rings. The summed E-state index contributed by atoms with van der Waals surface area (Å²) in [6.07, 6.45) is 0.925. The minimum absolute atomic E-state index is 0.304. The molecule has 0 atom stereocenters. The van der Waals surface area contributed by atoms with Crippen molar-refractivity contribution in [3.8, 4) is 11.5 Å². The van der Waals surface area contributed by atoms with E-state index < -0.39 is 6.09 Å². The zero-order chi connectivity index (χ0) is 14.8. The lowest BCUT2D eigenvalue weighted by molar-refractivity contribution is 0.152. The van der Waals surface area contributed by atoms with E-state index in [0.717, 1.165) is 5.56 Å². The third-order valence-corrected chi connectivity index (χ3v) is 2.21. The first-order valence-electron chi connectivity index (χ1n) is 6.56. The van der Waals surface area contributed by atoms with Gasteiger partial charge in [-0.1, -0.05) is 0 Å². The maximum absolute atomic E-state index is 11.1. The number of amides is 1. The van der Waals surface area contributed by atoms with E-state index in [1.165, 1.54) is 6.21 Å². The second-order valence-electron chi connectivity index (χ2n) is 3.66. The Morgan fingerprint density at radius 2 is 1.85 bits per heavy atom. The number of nitrogens with one attached hydrogen (secondary N) is 1. The summed E-state index contributed by atoms with van der Waals surface area (Å²) in [5.74, 6) is 1.33. The Morgan fingerprint density at radius 3 is 2.50 bits per heavy atom. The van der Waals surface area contributed by atoms with Crippen molar-refractivity contribution in [2.45, 2.75) is 20.8 Å². The lowest BCUT2D eigenvalue weighted by Gasteiger charge is -2.11. The van der Waals surface area contributed by atoms with Crippen molar-refractivity contribution >= 4 is 12.3 Å². The van der Waals surface area contributed by atoms with Gasteiger partial charge in [-0.15, -0.1) is 0 Å². The maximum atomic E-state index is 11.1. The van der Waals surface area contributed by atoms with Gasteiger partial charge in [-0.25, -0.2) is 10.2 Å². The lowest BCUT2D eigenvalue weighted by Crippen LogP contribution is -2.18. The molecule has 0 aromatic heterocycles. The number of hydrogen-bond donors (Lipinski definition) is 1. The average molecular weight is 280 g/mol. The van der Waals surface area contributed by atoms with Crippen molar-refractivity contribution in [3.05, 3.63) is 23.8 Å². The molecule has 1 aromatic carbocycles. The Balaban J connectivity index is 2.73. The van der Waals surface area contributed by atoms with Gasteiger partial charge in [-0.3, -0.25) is 0 Å². The highest BCUT2D eigenvalue weighted by atomic mass is 16.5. The summed E-state index contributed by atoms with van der Waals surface area (Å²) >= 11 is 0. The minimum atomic E-state index is -0.584. The monoisotopic (exact) mass is 280 g/mol. The van der Waals surface area contributed by atoms with Gasteiger partial charge >= 0.3 is 6.09 Å². The summed E-state index contributed by atoms with van der Waals surface area (Å²) in [6, 6.07) is 5.43. The van der Waals surface area contributed by atoms with Gasteiger partial charge in [0.1, 0.15) is 0 Å². The molecule has 6 heteroatoms. The first-order valence-corrected chi connectivity index (χ1v) is 6.56. The van der Waals surface area contributed by atoms with Crippen LogP contribution in [0, 0.1) is 0 Å². The molecule has 110 valence electrons. The lowest BCUT2D eigenvalue weighted by atomic mass is 10.2. The number of carbonyl (C=O) groups is 1. The van der Waals surface area contributed by atoms with Gasteiger partial charge < -0.3 is 14.2 Å². The van der Waals surface area contributed by atoms with Crippen molar-refractivity contribution in [2.24, 2.45) is 5.10 Å². The number of nitrogens with zero attached hydrogens (tertiary/aromatic N) is 1. The Hall–Kier alpha value is -2.24. The van der Waals surface area contributed by atoms with Crippen LogP contribution >= 0.6 is 0 Å². The molecule has 0 bridgehead atoms. The third-order valence-electron chi connectivity index (χ3n) is 2.21. The number of ether oxygens (including phenoxy) is 3. The topological polar surface area (TPSA) is 69.2 Å². The van der Waals surface area contributed by atoms with Crippen LogP contribution in [-0.4, -0.2) is 32.1 Å². The first-order chi connectivity index (χ1) is 9.71. The number of hydrazone groups is 1. The van der Waals surface area contributed by atoms with Gasteiger partial charge in [0.15, 0.2) is 11.5 Å². The van der Waals surface area contributed by atoms with Crippen LogP contribution in [0.5, 0.6) is 11.5 Å². The third kappa shape index (κ3) is 5.17. The average Bonchev–Trinajstić information content (AvgIpc) is 2.42. The van der Waals surface area contributed by atoms with Crippen LogP contribution in [0.15, 0.2) is 23.3 Å². The fourth-order valence-electron chi connectivity index (χ4n) is 1.47. The highest BCUT2D eigenvalue weighted by Crippen LogP contribution is 2.27. The zero-order valence-electron chi connectivity index (χ0n) is 12.0. The molecular formula is C14H20N2O4. The predicted molar refractivity (Wildman–Crippen MR) is 76.5 cm³/mol. The second-order valence-corrected chi connectivity index (χ2v) is 3.66. The smallest absolute Gasteiger partial charge is 0.427 e. The molecule has 20 heavy (non-hydrogen) atoms. The van der Waals surface area contributed by atoms with Crippen molar-refractivity contribution < 1.29 is 19.0 Å². The van der Waals surface area contributed by atoms with Crippen LogP contribution in [0.25, 0.3) is 0 Å². The fourth-order valence-corrected chi connectivity index (χ4v) is 1.47. The minimum Gasteiger partial charge on any atom is -0.490 e. The van der Waals surface area contributed by atoms with E-state index in [4.69, 9.17) is 9.47 Å². The van der Waals surface area contributed by atoms with Crippen LogP contribution in [-0.2, 0) is 4.74 Å². The van der Waals surface area contributed by atoms with Crippen LogP contribution in [0.1, 0.15) is 26.3 Å². The molecule has 0 radical (unpaired) electrons. The molecule has 0 saturated heterocycles. The highest BCUT2D eigenvalue weighted by Gasteiger charge is 2.05. The highest BCUT2D eigenvalue weighted by molar-refractivity contribution is 5.82. The van der Waals surface area contributed by atoms with E-state index in [1.807, 2.05) is 19.9 Å². The number of carbonyl (C=O) groups excluding carboxylic acids is 1. The number of benzene rings is 1. The van der Waals surface area contributed by atoms with Crippen LogP contribution in [0.4, 0.5) is 4.79 Å². The van der Waals surface area contributed by atoms with E-state index >= 15 is 0 Å². The molecule has 1 amide bonds. The van der Waals surface area contributed by atoms with Gasteiger partial charge in [0, 0.05) is 0 Å². The largest absolute Gasteiger partial charge is 0.490 e. The standard InChI is InChI=1S/C14H20N2O4/c1-4-18-12-8-7-11(9-13(12)19-5-2)10-15-16-14(17)20-6-3/h7-10H,4-6H2,1-3H3,(H,16,17)/b15-10-. The Kier molecular flexibility index (Phi) is 6.95. The van der Waals surface area contributed by atoms with Crippen LogP contribution in [0.2, 0.25) is 0 Å². The number of hydrogen-bond acceptors (Lipinski definition) is 5. The molecular weight excluding hydrogens is 260 g/mol. The summed E-state index contributed by atoms with van der Waals surface area (Å²) in [6.45, 7) is 6.95. The Morgan fingerprint density at radius 1 is 1.15 bits per heavy atom. The Labute approximate surface area is 118 Å². The summed E-state index contributed by atoms with van der Waals surface area (Å²) < 4.78 is 15.6. The molecule has 0 aliphatic carbocycles. The summed E-state index contributed by atoms with van der Waals surface area (Å²) in [7, 11) is 0. The van der Waals surface area contributed by atoms with E-state index in [0.29, 0.717) is 31.3 Å². The van der Waals surface area contributed by atoms with E-state index in [9.17, 15) is 4.79 Å². The fraction of sp³-hybridized carbons (Fsp3) is 0.429. The van der Waals surface area contributed by atoms with Crippen molar-refractivity contribution in [1.82, 2.24) is 5.43 Å². The SMILES string of the molecule is CCOC(=O)N/N=C\c1ccc(OCC)c(OCC)c1. The van der Waals surface area contributed by atoms with Gasteiger partial charge in [0.2, 0.25) is 0 Å². The molecule has 1 N–H and O–H groups in total. The van der Waals surface area contributed by atoms with Gasteiger partial charge in [0.25, 0.3) is 0 Å².